The van der Waals surface area contributed by atoms with Crippen LogP contribution in [-0.2, 0) is 14.3 Å². The monoisotopic (exact) mass is 495 g/mol. The Labute approximate surface area is 216 Å². The van der Waals surface area contributed by atoms with Crippen LogP contribution in [0.5, 0.6) is 0 Å². The van der Waals surface area contributed by atoms with Crippen molar-refractivity contribution in [3.05, 3.63) is 132 Å². The maximum absolute atomic E-state index is 12.9. The van der Waals surface area contributed by atoms with Gasteiger partial charge in [-0.3, -0.25) is 9.59 Å². The number of nitrogens with one attached hydrogen (secondary N) is 3. The molecule has 0 fully saturated rings. The Balaban J connectivity index is 1.52. The van der Waals surface area contributed by atoms with Crippen LogP contribution < -0.4 is 16.0 Å². The molecule has 0 spiro atoms. The summed E-state index contributed by atoms with van der Waals surface area (Å²) in [6.07, 6.45) is 0. The Hall–Kier alpha value is -4.03. The Kier molecular flexibility index (Phi) is 8.42. The van der Waals surface area contributed by atoms with Crippen molar-refractivity contribution < 1.29 is 9.59 Å². The van der Waals surface area contributed by atoms with Gasteiger partial charge in [0.15, 0.2) is 0 Å². The maximum atomic E-state index is 12.9. The van der Waals surface area contributed by atoms with E-state index in [1.165, 1.54) is 0 Å². The number of carbonyl (C=O) groups is 2. The molecule has 0 aliphatic carbocycles. The second kappa shape index (κ2) is 12.1. The first-order chi connectivity index (χ1) is 17.6. The Morgan fingerprint density at radius 1 is 0.639 bits per heavy atom. The van der Waals surface area contributed by atoms with E-state index in [0.717, 1.165) is 22.4 Å². The SMILES string of the molecule is CNc1ccccc1NC(=O)CNC(=O)CSC(c1ccccc1)(c1ccccc1)c1ccccc1. The lowest BCUT2D eigenvalue weighted by Crippen LogP contribution is -2.35. The number of hydrogen-bond acceptors (Lipinski definition) is 4. The molecule has 0 aliphatic rings. The molecule has 5 nitrogen and oxygen atoms in total. The van der Waals surface area contributed by atoms with Gasteiger partial charge in [0.25, 0.3) is 0 Å². The van der Waals surface area contributed by atoms with Gasteiger partial charge in [-0.15, -0.1) is 11.8 Å². The molecule has 4 rings (SSSR count). The fourth-order valence-corrected chi connectivity index (χ4v) is 5.53. The van der Waals surface area contributed by atoms with E-state index < -0.39 is 4.75 Å². The molecule has 4 aromatic carbocycles. The van der Waals surface area contributed by atoms with E-state index in [-0.39, 0.29) is 24.1 Å². The number of hydrogen-bond donors (Lipinski definition) is 3. The molecule has 0 heterocycles. The molecule has 6 heteroatoms. The zero-order chi connectivity index (χ0) is 25.2. The number of thioether (sulfide) groups is 1. The maximum Gasteiger partial charge on any atom is 0.243 e. The molecule has 0 atom stereocenters. The predicted molar refractivity (Wildman–Crippen MR) is 149 cm³/mol. The molecule has 4 aromatic rings. The van der Waals surface area contributed by atoms with Crippen LogP contribution in [0.3, 0.4) is 0 Å². The first-order valence-corrected chi connectivity index (χ1v) is 12.8. The van der Waals surface area contributed by atoms with Gasteiger partial charge in [0.2, 0.25) is 11.8 Å². The van der Waals surface area contributed by atoms with E-state index in [2.05, 4.69) is 52.3 Å². The standard InChI is InChI=1S/C30H29N3O2S/c1-31-26-19-11-12-20-27(26)33-28(34)21-32-29(35)22-36-30(23-13-5-2-6-14-23,24-15-7-3-8-16-24)25-17-9-4-10-18-25/h2-20,31H,21-22H2,1H3,(H,32,35)(H,33,34). The number of carbonyl (C=O) groups excluding carboxylic acids is 2. The van der Waals surface area contributed by atoms with Crippen molar-refractivity contribution in [3.8, 4) is 0 Å². The van der Waals surface area contributed by atoms with Gasteiger partial charge >= 0.3 is 0 Å². The number of rotatable bonds is 10. The van der Waals surface area contributed by atoms with Gasteiger partial charge in [-0.2, -0.15) is 0 Å². The van der Waals surface area contributed by atoms with Crippen LogP contribution in [0, 0.1) is 0 Å². The highest BCUT2D eigenvalue weighted by atomic mass is 32.2. The molecule has 0 bridgehead atoms. The molecule has 0 aromatic heterocycles. The Morgan fingerprint density at radius 2 is 1.08 bits per heavy atom. The highest BCUT2D eigenvalue weighted by Gasteiger charge is 2.37. The number of amides is 2. The molecule has 2 amide bonds. The molecule has 0 saturated carbocycles. The molecule has 0 unspecified atom stereocenters. The van der Waals surface area contributed by atoms with Crippen LogP contribution >= 0.6 is 11.8 Å². The van der Waals surface area contributed by atoms with Crippen molar-refractivity contribution in [2.24, 2.45) is 0 Å². The zero-order valence-electron chi connectivity index (χ0n) is 20.1. The van der Waals surface area contributed by atoms with E-state index in [4.69, 9.17) is 0 Å². The normalized spacial score (nSPS) is 10.9. The smallest absolute Gasteiger partial charge is 0.243 e. The van der Waals surface area contributed by atoms with Gasteiger partial charge in [0.1, 0.15) is 0 Å². The third-order valence-electron chi connectivity index (χ3n) is 5.88. The molecular formula is C30H29N3O2S. The van der Waals surface area contributed by atoms with Crippen LogP contribution in [0.25, 0.3) is 0 Å². The average Bonchev–Trinajstić information content (AvgIpc) is 2.94. The number of para-hydroxylation sites is 2. The first kappa shape index (κ1) is 25.1. The van der Waals surface area contributed by atoms with Crippen molar-refractivity contribution >= 4 is 35.0 Å². The second-order valence-corrected chi connectivity index (χ2v) is 9.38. The van der Waals surface area contributed by atoms with E-state index >= 15 is 0 Å². The minimum Gasteiger partial charge on any atom is -0.386 e. The first-order valence-electron chi connectivity index (χ1n) is 11.8. The molecule has 3 N–H and O–H groups in total. The summed E-state index contributed by atoms with van der Waals surface area (Å²) in [5.74, 6) is -0.306. The lowest BCUT2D eigenvalue weighted by atomic mass is 9.84. The summed E-state index contributed by atoms with van der Waals surface area (Å²) in [6.45, 7) is -0.105. The average molecular weight is 496 g/mol. The van der Waals surface area contributed by atoms with Crippen molar-refractivity contribution in [1.82, 2.24) is 5.32 Å². The lowest BCUT2D eigenvalue weighted by molar-refractivity contribution is -0.122. The van der Waals surface area contributed by atoms with E-state index in [0.29, 0.717) is 5.69 Å². The summed E-state index contributed by atoms with van der Waals surface area (Å²) in [5, 5.41) is 8.66. The summed E-state index contributed by atoms with van der Waals surface area (Å²) in [5.41, 5.74) is 4.74. The van der Waals surface area contributed by atoms with E-state index in [1.54, 1.807) is 18.8 Å². The summed E-state index contributed by atoms with van der Waals surface area (Å²) in [6, 6.07) is 38.1. The Bertz CT molecular complexity index is 1180. The summed E-state index contributed by atoms with van der Waals surface area (Å²) < 4.78 is -0.588. The van der Waals surface area contributed by atoms with Gasteiger partial charge in [0.05, 0.1) is 28.4 Å². The van der Waals surface area contributed by atoms with Gasteiger partial charge < -0.3 is 16.0 Å². The third kappa shape index (κ3) is 5.78. The predicted octanol–water partition coefficient (Wildman–Crippen LogP) is 5.51. The van der Waals surface area contributed by atoms with Crippen LogP contribution in [0.15, 0.2) is 115 Å². The summed E-state index contributed by atoms with van der Waals surface area (Å²) in [4.78, 5) is 25.4. The van der Waals surface area contributed by atoms with Crippen molar-refractivity contribution in [1.29, 1.82) is 0 Å². The van der Waals surface area contributed by atoms with Gasteiger partial charge in [-0.1, -0.05) is 103 Å². The number of anilines is 2. The van der Waals surface area contributed by atoms with Crippen LogP contribution in [0.2, 0.25) is 0 Å². The summed E-state index contributed by atoms with van der Waals surface area (Å²) >= 11 is 1.54. The highest BCUT2D eigenvalue weighted by Crippen LogP contribution is 2.48. The molecule has 0 saturated heterocycles. The fraction of sp³-hybridized carbons (Fsp3) is 0.133. The van der Waals surface area contributed by atoms with Gasteiger partial charge in [0, 0.05) is 7.05 Å². The summed E-state index contributed by atoms with van der Waals surface area (Å²) in [7, 11) is 1.79. The topological polar surface area (TPSA) is 70.2 Å². The second-order valence-electron chi connectivity index (χ2n) is 8.19. The van der Waals surface area contributed by atoms with E-state index in [1.807, 2.05) is 78.9 Å². The lowest BCUT2D eigenvalue weighted by Gasteiger charge is -2.35. The van der Waals surface area contributed by atoms with Crippen LogP contribution in [-0.4, -0.2) is 31.2 Å². The van der Waals surface area contributed by atoms with Crippen molar-refractivity contribution in [2.45, 2.75) is 4.75 Å². The number of benzene rings is 4. The van der Waals surface area contributed by atoms with Gasteiger partial charge in [-0.25, -0.2) is 0 Å². The van der Waals surface area contributed by atoms with Gasteiger partial charge in [-0.05, 0) is 28.8 Å². The largest absolute Gasteiger partial charge is 0.386 e. The molecule has 0 aliphatic heterocycles. The molecular weight excluding hydrogens is 466 g/mol. The molecule has 182 valence electrons. The molecule has 0 radical (unpaired) electrons. The minimum atomic E-state index is -0.588. The highest BCUT2D eigenvalue weighted by molar-refractivity contribution is 8.01. The molecule has 36 heavy (non-hydrogen) atoms. The Morgan fingerprint density at radius 3 is 1.56 bits per heavy atom. The van der Waals surface area contributed by atoms with E-state index in [9.17, 15) is 9.59 Å². The van der Waals surface area contributed by atoms with Crippen LogP contribution in [0.4, 0.5) is 11.4 Å². The van der Waals surface area contributed by atoms with Crippen molar-refractivity contribution in [3.63, 3.8) is 0 Å². The fourth-order valence-electron chi connectivity index (χ4n) is 4.18. The van der Waals surface area contributed by atoms with Crippen LogP contribution in [0.1, 0.15) is 16.7 Å². The quantitative estimate of drug-likeness (QED) is 0.254. The van der Waals surface area contributed by atoms with Crippen molar-refractivity contribution in [2.75, 3.05) is 30.0 Å². The minimum absolute atomic E-state index is 0.105. The third-order valence-corrected chi connectivity index (χ3v) is 7.42. The zero-order valence-corrected chi connectivity index (χ0v) is 20.9.